The van der Waals surface area contributed by atoms with Gasteiger partial charge in [-0.05, 0) is 49.4 Å². The Labute approximate surface area is 174 Å². The Kier molecular flexibility index (Phi) is 7.21. The molecule has 1 N–H and O–H groups in total. The van der Waals surface area contributed by atoms with E-state index in [0.29, 0.717) is 34.7 Å². The molecule has 0 aliphatic carbocycles. The SMILES string of the molecule is CCCN(CC(=O)Nc1ccc(Cl)cc1)Cc1nc(-c2ccccc2OC)no1. The van der Waals surface area contributed by atoms with Crippen LogP contribution in [0.3, 0.4) is 0 Å². The molecule has 3 aromatic rings. The molecule has 0 fully saturated rings. The van der Waals surface area contributed by atoms with Gasteiger partial charge in [-0.25, -0.2) is 0 Å². The van der Waals surface area contributed by atoms with Crippen molar-refractivity contribution >= 4 is 23.2 Å². The first kappa shape index (κ1) is 20.8. The molecule has 152 valence electrons. The number of para-hydroxylation sites is 1. The number of carbonyl (C=O) groups excluding carboxylic acids is 1. The lowest BCUT2D eigenvalue weighted by atomic mass is 10.2. The van der Waals surface area contributed by atoms with Crippen LogP contribution in [0.5, 0.6) is 5.75 Å². The fourth-order valence-electron chi connectivity index (χ4n) is 2.92. The van der Waals surface area contributed by atoms with Gasteiger partial charge in [0.15, 0.2) is 0 Å². The number of aromatic nitrogens is 2. The number of ether oxygens (including phenoxy) is 1. The predicted molar refractivity (Wildman–Crippen MR) is 112 cm³/mol. The Hall–Kier alpha value is -2.90. The third-order valence-electron chi connectivity index (χ3n) is 4.21. The lowest BCUT2D eigenvalue weighted by Crippen LogP contribution is -2.33. The van der Waals surface area contributed by atoms with Crippen molar-refractivity contribution in [1.82, 2.24) is 15.0 Å². The standard InChI is InChI=1S/C21H23ClN4O3/c1-3-12-26(13-19(27)23-16-10-8-15(22)9-11-16)14-20-24-21(25-29-20)17-6-4-5-7-18(17)28-2/h4-11H,3,12-14H2,1-2H3,(H,23,27). The van der Waals surface area contributed by atoms with Crippen molar-refractivity contribution < 1.29 is 14.1 Å². The molecule has 0 saturated heterocycles. The first-order chi connectivity index (χ1) is 14.1. The minimum absolute atomic E-state index is 0.120. The summed E-state index contributed by atoms with van der Waals surface area (Å²) in [5.74, 6) is 1.45. The topological polar surface area (TPSA) is 80.5 Å². The van der Waals surface area contributed by atoms with E-state index in [9.17, 15) is 4.79 Å². The molecule has 0 spiro atoms. The van der Waals surface area contributed by atoms with Gasteiger partial charge in [-0.2, -0.15) is 4.98 Å². The van der Waals surface area contributed by atoms with Gasteiger partial charge in [-0.3, -0.25) is 9.69 Å². The van der Waals surface area contributed by atoms with Crippen molar-refractivity contribution in [3.8, 4) is 17.1 Å². The highest BCUT2D eigenvalue weighted by Crippen LogP contribution is 2.27. The molecule has 1 heterocycles. The Morgan fingerprint density at radius 3 is 2.69 bits per heavy atom. The van der Waals surface area contributed by atoms with Crippen molar-refractivity contribution in [2.24, 2.45) is 0 Å². The summed E-state index contributed by atoms with van der Waals surface area (Å²) in [4.78, 5) is 18.8. The highest BCUT2D eigenvalue weighted by atomic mass is 35.5. The molecule has 8 heteroatoms. The van der Waals surface area contributed by atoms with E-state index in [4.69, 9.17) is 20.9 Å². The van der Waals surface area contributed by atoms with Crippen LogP contribution >= 0.6 is 11.6 Å². The average molecular weight is 415 g/mol. The van der Waals surface area contributed by atoms with E-state index in [1.165, 1.54) is 0 Å². The predicted octanol–water partition coefficient (Wildman–Crippen LogP) is 4.25. The van der Waals surface area contributed by atoms with Crippen molar-refractivity contribution in [1.29, 1.82) is 0 Å². The second-order valence-electron chi connectivity index (χ2n) is 6.48. The quantitative estimate of drug-likeness (QED) is 0.563. The van der Waals surface area contributed by atoms with Crippen LogP contribution in [-0.2, 0) is 11.3 Å². The first-order valence-corrected chi connectivity index (χ1v) is 9.70. The third-order valence-corrected chi connectivity index (χ3v) is 4.46. The minimum atomic E-state index is -0.120. The molecule has 29 heavy (non-hydrogen) atoms. The highest BCUT2D eigenvalue weighted by Gasteiger charge is 2.17. The summed E-state index contributed by atoms with van der Waals surface area (Å²) in [5.41, 5.74) is 1.46. The molecule has 3 rings (SSSR count). The number of carbonyl (C=O) groups is 1. The number of methoxy groups -OCH3 is 1. The Balaban J connectivity index is 1.65. The fourth-order valence-corrected chi connectivity index (χ4v) is 3.04. The van der Waals surface area contributed by atoms with Gasteiger partial charge in [-0.1, -0.05) is 35.8 Å². The maximum atomic E-state index is 12.4. The Bertz CT molecular complexity index is 943. The maximum Gasteiger partial charge on any atom is 0.241 e. The fraction of sp³-hybridized carbons (Fsp3) is 0.286. The zero-order chi connectivity index (χ0) is 20.6. The van der Waals surface area contributed by atoms with Crippen molar-refractivity contribution in [3.63, 3.8) is 0 Å². The highest BCUT2D eigenvalue weighted by molar-refractivity contribution is 6.30. The van der Waals surface area contributed by atoms with Gasteiger partial charge in [0, 0.05) is 10.7 Å². The number of anilines is 1. The smallest absolute Gasteiger partial charge is 0.241 e. The second-order valence-corrected chi connectivity index (χ2v) is 6.91. The molecular formula is C21H23ClN4O3. The van der Waals surface area contributed by atoms with Crippen LogP contribution in [0.4, 0.5) is 5.69 Å². The molecule has 0 aliphatic heterocycles. The second kappa shape index (κ2) is 10.0. The van der Waals surface area contributed by atoms with Crippen molar-refractivity contribution in [2.45, 2.75) is 19.9 Å². The third kappa shape index (κ3) is 5.79. The van der Waals surface area contributed by atoms with E-state index in [0.717, 1.165) is 18.5 Å². The molecule has 1 aromatic heterocycles. The van der Waals surface area contributed by atoms with Crippen LogP contribution in [0.15, 0.2) is 53.1 Å². The van der Waals surface area contributed by atoms with Crippen LogP contribution < -0.4 is 10.1 Å². The molecule has 0 bridgehead atoms. The summed E-state index contributed by atoms with van der Waals surface area (Å²) in [7, 11) is 1.60. The van der Waals surface area contributed by atoms with Crippen LogP contribution in [0.25, 0.3) is 11.4 Å². The summed E-state index contributed by atoms with van der Waals surface area (Å²) in [5, 5.41) is 7.55. The molecule has 0 unspecified atom stereocenters. The van der Waals surface area contributed by atoms with Gasteiger partial charge in [0.05, 0.1) is 25.8 Å². The molecule has 1 amide bonds. The number of hydrogen-bond donors (Lipinski definition) is 1. The number of halogens is 1. The van der Waals surface area contributed by atoms with Gasteiger partial charge >= 0.3 is 0 Å². The van der Waals surface area contributed by atoms with E-state index in [1.807, 2.05) is 29.2 Å². The summed E-state index contributed by atoms with van der Waals surface area (Å²) >= 11 is 5.88. The lowest BCUT2D eigenvalue weighted by Gasteiger charge is -2.19. The number of benzene rings is 2. The number of hydrogen-bond acceptors (Lipinski definition) is 6. The molecule has 0 saturated carbocycles. The first-order valence-electron chi connectivity index (χ1n) is 9.32. The van der Waals surface area contributed by atoms with Gasteiger partial charge in [0.25, 0.3) is 0 Å². The normalized spacial score (nSPS) is 10.9. The van der Waals surface area contributed by atoms with Gasteiger partial charge in [-0.15, -0.1) is 0 Å². The summed E-state index contributed by atoms with van der Waals surface area (Å²) < 4.78 is 10.8. The number of amides is 1. The van der Waals surface area contributed by atoms with E-state index in [-0.39, 0.29) is 12.5 Å². The Morgan fingerprint density at radius 1 is 1.21 bits per heavy atom. The summed E-state index contributed by atoms with van der Waals surface area (Å²) in [6.07, 6.45) is 0.891. The van der Waals surface area contributed by atoms with Crippen LogP contribution in [0, 0.1) is 0 Å². The van der Waals surface area contributed by atoms with E-state index in [2.05, 4.69) is 22.4 Å². The van der Waals surface area contributed by atoms with Gasteiger partial charge in [0.2, 0.25) is 17.6 Å². The minimum Gasteiger partial charge on any atom is -0.496 e. The molecule has 0 atom stereocenters. The average Bonchev–Trinajstić information content (AvgIpc) is 3.18. The number of nitrogens with one attached hydrogen (secondary N) is 1. The summed E-state index contributed by atoms with van der Waals surface area (Å²) in [6.45, 7) is 3.37. The molecular weight excluding hydrogens is 392 g/mol. The van der Waals surface area contributed by atoms with Crippen molar-refractivity contribution in [2.75, 3.05) is 25.5 Å². The maximum absolute atomic E-state index is 12.4. The van der Waals surface area contributed by atoms with E-state index < -0.39 is 0 Å². The monoisotopic (exact) mass is 414 g/mol. The van der Waals surface area contributed by atoms with Gasteiger partial charge < -0.3 is 14.6 Å². The zero-order valence-corrected chi connectivity index (χ0v) is 17.1. The lowest BCUT2D eigenvalue weighted by molar-refractivity contribution is -0.117. The Morgan fingerprint density at radius 2 is 1.97 bits per heavy atom. The number of nitrogens with zero attached hydrogens (tertiary/aromatic N) is 3. The molecule has 0 radical (unpaired) electrons. The zero-order valence-electron chi connectivity index (χ0n) is 16.4. The molecule has 2 aromatic carbocycles. The van der Waals surface area contributed by atoms with Gasteiger partial charge in [0.1, 0.15) is 5.75 Å². The van der Waals surface area contributed by atoms with E-state index in [1.54, 1.807) is 31.4 Å². The molecule has 0 aliphatic rings. The summed E-state index contributed by atoms with van der Waals surface area (Å²) in [6, 6.07) is 14.5. The van der Waals surface area contributed by atoms with Crippen LogP contribution in [0.2, 0.25) is 5.02 Å². The van der Waals surface area contributed by atoms with Crippen LogP contribution in [-0.4, -0.2) is 41.1 Å². The van der Waals surface area contributed by atoms with Crippen LogP contribution in [0.1, 0.15) is 19.2 Å². The van der Waals surface area contributed by atoms with Crippen molar-refractivity contribution in [3.05, 3.63) is 59.4 Å². The molecule has 7 nitrogen and oxygen atoms in total. The number of rotatable bonds is 9. The largest absolute Gasteiger partial charge is 0.496 e. The van der Waals surface area contributed by atoms with E-state index >= 15 is 0 Å².